The van der Waals surface area contributed by atoms with Crippen LogP contribution in [-0.4, -0.2) is 62.4 Å². The Kier molecular flexibility index (Phi) is 7.97. The summed E-state index contributed by atoms with van der Waals surface area (Å²) in [4.78, 5) is 41.1. The van der Waals surface area contributed by atoms with Gasteiger partial charge in [0, 0.05) is 30.8 Å². The normalized spacial score (nSPS) is 18.3. The second kappa shape index (κ2) is 12.6. The molecule has 10 nitrogen and oxygen atoms in total. The molecule has 0 saturated carbocycles. The molecule has 0 unspecified atom stereocenters. The Balaban J connectivity index is 1.08. The van der Waals surface area contributed by atoms with Crippen LogP contribution in [-0.2, 0) is 22.6 Å². The summed E-state index contributed by atoms with van der Waals surface area (Å²) < 4.78 is 6.32. The summed E-state index contributed by atoms with van der Waals surface area (Å²) in [7, 11) is 0. The first-order chi connectivity index (χ1) is 23.9. The number of aromatic amines is 1. The second-order valence-corrected chi connectivity index (χ2v) is 13.2. The number of amides is 2. The highest BCUT2D eigenvalue weighted by molar-refractivity contribution is 6.03. The van der Waals surface area contributed by atoms with E-state index in [1.54, 1.807) is 23.2 Å². The van der Waals surface area contributed by atoms with Crippen LogP contribution >= 0.6 is 0 Å². The molecule has 4 N–H and O–H groups in total. The Hall–Kier alpha value is -5.32. The van der Waals surface area contributed by atoms with Gasteiger partial charge in [-0.3, -0.25) is 14.6 Å². The molecule has 1 fully saturated rings. The first-order valence-corrected chi connectivity index (χ1v) is 16.7. The number of carbonyl (C=O) groups excluding carboxylic acids is 2. The van der Waals surface area contributed by atoms with Crippen LogP contribution in [0.3, 0.4) is 0 Å². The summed E-state index contributed by atoms with van der Waals surface area (Å²) in [5.41, 5.74) is 9.10. The molecule has 248 valence electrons. The van der Waals surface area contributed by atoms with Crippen molar-refractivity contribution in [2.24, 2.45) is 10.9 Å². The molecule has 3 aliphatic rings. The third-order valence-electron chi connectivity index (χ3n) is 9.99. The zero-order valence-electron chi connectivity index (χ0n) is 27.1. The van der Waals surface area contributed by atoms with Crippen LogP contribution < -0.4 is 10.1 Å². The number of nitrogens with one attached hydrogen (secondary N) is 2. The zero-order valence-corrected chi connectivity index (χ0v) is 27.1. The van der Waals surface area contributed by atoms with Gasteiger partial charge in [-0.1, -0.05) is 48.5 Å². The van der Waals surface area contributed by atoms with Crippen molar-refractivity contribution in [2.75, 3.05) is 19.8 Å². The zero-order chi connectivity index (χ0) is 33.6. The minimum absolute atomic E-state index is 0.0125. The quantitative estimate of drug-likeness (QED) is 0.173. The van der Waals surface area contributed by atoms with E-state index in [1.807, 2.05) is 18.2 Å². The van der Waals surface area contributed by atoms with Crippen molar-refractivity contribution in [3.05, 3.63) is 102 Å². The van der Waals surface area contributed by atoms with Crippen molar-refractivity contribution in [1.29, 1.82) is 0 Å². The number of carbonyl (C=O) groups is 2. The number of rotatable bonds is 8. The Morgan fingerprint density at radius 1 is 1.06 bits per heavy atom. The van der Waals surface area contributed by atoms with Gasteiger partial charge < -0.3 is 30.2 Å². The summed E-state index contributed by atoms with van der Waals surface area (Å²) in [5, 5.41) is 24.2. The van der Waals surface area contributed by atoms with Gasteiger partial charge in [0.15, 0.2) is 0 Å². The molecule has 3 atom stereocenters. The lowest BCUT2D eigenvalue weighted by Gasteiger charge is -2.28. The van der Waals surface area contributed by atoms with Gasteiger partial charge in [0.1, 0.15) is 30.8 Å². The molecule has 2 amide bonds. The van der Waals surface area contributed by atoms with E-state index < -0.39 is 18.6 Å². The number of aliphatic hydroxyl groups excluding tert-OH is 2. The molecule has 0 radical (unpaired) electrons. The van der Waals surface area contributed by atoms with E-state index in [-0.39, 0.29) is 24.5 Å². The molecular formula is C39H37N5O5. The largest absolute Gasteiger partial charge is 0.488 e. The van der Waals surface area contributed by atoms with Crippen molar-refractivity contribution in [3.63, 3.8) is 0 Å². The number of imidazole rings is 1. The fraction of sp³-hybridized carbons (Fsp3) is 0.282. The molecular weight excluding hydrogens is 618 g/mol. The van der Waals surface area contributed by atoms with Crippen LogP contribution in [0.5, 0.6) is 5.75 Å². The minimum atomic E-state index is -0.968. The fourth-order valence-electron chi connectivity index (χ4n) is 7.60. The standard InChI is InChI=1S/C39H37N5O5/c1-22-13-30-29-17-35-31(16-25(29)8-10-32(30)41-22)28-9-7-26(15-27(28)21-49-35)33-18-40-38(42-33)34-14-23(11-12-45)19-44(34)39(48)37(43-36(47)20-46)24-5-3-2-4-6-24/h2-10,15-18,23,34,37,45-46H,11-14,19-21H2,1H3,(H,40,42)(H,43,47)/t23-,34-,37+/m0/s1. The summed E-state index contributed by atoms with van der Waals surface area (Å²) in [5.74, 6) is 0.655. The fourth-order valence-corrected chi connectivity index (χ4v) is 7.60. The molecule has 4 heterocycles. The summed E-state index contributed by atoms with van der Waals surface area (Å²) in [6.45, 7) is 2.22. The smallest absolute Gasteiger partial charge is 0.250 e. The molecule has 4 aromatic carbocycles. The third kappa shape index (κ3) is 5.66. The van der Waals surface area contributed by atoms with Crippen molar-refractivity contribution in [1.82, 2.24) is 20.2 Å². The lowest BCUT2D eigenvalue weighted by Crippen LogP contribution is -2.43. The van der Waals surface area contributed by atoms with Gasteiger partial charge in [-0.25, -0.2) is 4.98 Å². The molecule has 8 rings (SSSR count). The molecule has 1 saturated heterocycles. The van der Waals surface area contributed by atoms with Crippen LogP contribution in [0.15, 0.2) is 84.0 Å². The van der Waals surface area contributed by atoms with E-state index >= 15 is 0 Å². The van der Waals surface area contributed by atoms with E-state index in [2.05, 4.69) is 64.7 Å². The predicted molar refractivity (Wildman–Crippen MR) is 186 cm³/mol. The number of aliphatic imine (C=N–C) groups is 1. The van der Waals surface area contributed by atoms with E-state index in [9.17, 15) is 19.8 Å². The van der Waals surface area contributed by atoms with Gasteiger partial charge in [0.2, 0.25) is 11.8 Å². The molecule has 49 heavy (non-hydrogen) atoms. The van der Waals surface area contributed by atoms with Gasteiger partial charge >= 0.3 is 0 Å². The number of hydrogen-bond donors (Lipinski definition) is 4. The molecule has 5 aromatic rings. The van der Waals surface area contributed by atoms with Gasteiger partial charge in [-0.05, 0) is 88.5 Å². The maximum absolute atomic E-state index is 14.1. The monoisotopic (exact) mass is 655 g/mol. The second-order valence-electron chi connectivity index (χ2n) is 13.2. The Labute approximate surface area is 283 Å². The van der Waals surface area contributed by atoms with Crippen molar-refractivity contribution in [2.45, 2.75) is 44.9 Å². The highest BCUT2D eigenvalue weighted by atomic mass is 16.5. The molecule has 10 heteroatoms. The van der Waals surface area contributed by atoms with E-state index in [4.69, 9.17) is 9.72 Å². The van der Waals surface area contributed by atoms with Crippen molar-refractivity contribution >= 4 is 34.0 Å². The molecule has 1 aromatic heterocycles. The van der Waals surface area contributed by atoms with Crippen LogP contribution in [0.25, 0.3) is 33.2 Å². The maximum atomic E-state index is 14.1. The van der Waals surface area contributed by atoms with Crippen molar-refractivity contribution in [3.8, 4) is 28.1 Å². The number of aliphatic hydroxyl groups is 2. The van der Waals surface area contributed by atoms with Gasteiger partial charge in [-0.2, -0.15) is 0 Å². The van der Waals surface area contributed by atoms with Crippen LogP contribution in [0.1, 0.15) is 54.4 Å². The number of fused-ring (bicyclic) bond motifs is 6. The molecule has 0 aliphatic carbocycles. The number of aromatic nitrogens is 2. The van der Waals surface area contributed by atoms with E-state index in [0.29, 0.717) is 37.4 Å². The summed E-state index contributed by atoms with van der Waals surface area (Å²) >= 11 is 0. The van der Waals surface area contributed by atoms with Gasteiger partial charge in [-0.15, -0.1) is 0 Å². The van der Waals surface area contributed by atoms with Crippen LogP contribution in [0.2, 0.25) is 0 Å². The minimum Gasteiger partial charge on any atom is -0.488 e. The van der Waals surface area contributed by atoms with Crippen LogP contribution in [0, 0.1) is 5.92 Å². The number of hydrogen-bond acceptors (Lipinski definition) is 7. The van der Waals surface area contributed by atoms with Crippen molar-refractivity contribution < 1.29 is 24.5 Å². The lowest BCUT2D eigenvalue weighted by atomic mass is 9.91. The SMILES string of the molecule is CC1=Nc2ccc3cc4c(cc3c2C1)OCc1cc(-c2cnc([C@@H]3C[C@H](CCO)CN3C(=O)[C@H](NC(=O)CO)c3ccccc3)[nH]2)ccc1-4. The summed E-state index contributed by atoms with van der Waals surface area (Å²) in [6.07, 6.45) is 3.81. The molecule has 3 aliphatic heterocycles. The number of benzene rings is 4. The number of nitrogens with zero attached hydrogens (tertiary/aromatic N) is 3. The Morgan fingerprint density at radius 3 is 2.73 bits per heavy atom. The third-order valence-corrected chi connectivity index (χ3v) is 9.99. The average molecular weight is 656 g/mol. The van der Waals surface area contributed by atoms with E-state index in [1.165, 1.54) is 16.3 Å². The van der Waals surface area contributed by atoms with Gasteiger partial charge in [0.25, 0.3) is 0 Å². The lowest BCUT2D eigenvalue weighted by molar-refractivity contribution is -0.138. The van der Waals surface area contributed by atoms with Crippen LogP contribution in [0.4, 0.5) is 5.69 Å². The maximum Gasteiger partial charge on any atom is 0.250 e. The molecule has 0 spiro atoms. The van der Waals surface area contributed by atoms with Gasteiger partial charge in [0.05, 0.1) is 23.6 Å². The number of H-pyrrole nitrogens is 1. The highest BCUT2D eigenvalue weighted by Crippen LogP contribution is 2.44. The average Bonchev–Trinajstić information content (AvgIpc) is 3.88. The Bertz CT molecular complexity index is 2120. The number of ether oxygens (including phenoxy) is 1. The van der Waals surface area contributed by atoms with E-state index in [0.717, 1.165) is 51.5 Å². The predicted octanol–water partition coefficient (Wildman–Crippen LogP) is 5.56. The topological polar surface area (TPSA) is 140 Å². The first-order valence-electron chi connectivity index (χ1n) is 16.7. The summed E-state index contributed by atoms with van der Waals surface area (Å²) in [6, 6.07) is 22.6. The Morgan fingerprint density at radius 2 is 1.92 bits per heavy atom. The first kappa shape index (κ1) is 31.0. The highest BCUT2D eigenvalue weighted by Gasteiger charge is 2.41. The molecule has 0 bridgehead atoms. The number of likely N-dealkylation sites (tertiary alicyclic amines) is 1.